The van der Waals surface area contributed by atoms with E-state index < -0.39 is 22.2 Å². The summed E-state index contributed by atoms with van der Waals surface area (Å²) in [7, 11) is 0. The van der Waals surface area contributed by atoms with Crippen LogP contribution in [0.4, 0.5) is 0 Å². The van der Waals surface area contributed by atoms with Crippen LogP contribution in [0.1, 0.15) is 73.6 Å². The molecule has 0 amide bonds. The van der Waals surface area contributed by atoms with Gasteiger partial charge in [-0.2, -0.15) is 10.1 Å². The first-order valence-corrected chi connectivity index (χ1v) is 8.28. The van der Waals surface area contributed by atoms with Gasteiger partial charge < -0.3 is 10.4 Å². The molecule has 0 aromatic heterocycles. The SMILES string of the molecule is CC1(C)CC(=O)CC(C)(CCC2(C)CC(=O)C(C)(C)N2O)N1O. The quantitative estimate of drug-likeness (QED) is 0.829. The minimum absolute atomic E-state index is 0.00792. The molecule has 0 bridgehead atoms. The summed E-state index contributed by atoms with van der Waals surface area (Å²) in [4.78, 5) is 24.2. The van der Waals surface area contributed by atoms with Gasteiger partial charge in [-0.3, -0.25) is 9.59 Å². The highest BCUT2D eigenvalue weighted by Crippen LogP contribution is 2.44. The summed E-state index contributed by atoms with van der Waals surface area (Å²) in [5.41, 5.74) is -2.85. The summed E-state index contributed by atoms with van der Waals surface area (Å²) in [5.74, 6) is 0.144. The van der Waals surface area contributed by atoms with Crippen molar-refractivity contribution in [3.8, 4) is 0 Å². The predicted molar refractivity (Wildman–Crippen MR) is 85.3 cm³/mol. The van der Waals surface area contributed by atoms with Gasteiger partial charge >= 0.3 is 0 Å². The zero-order valence-corrected chi connectivity index (χ0v) is 15.1. The van der Waals surface area contributed by atoms with Crippen molar-refractivity contribution in [3.05, 3.63) is 0 Å². The summed E-state index contributed by atoms with van der Waals surface area (Å²) < 4.78 is 0. The molecule has 2 saturated heterocycles. The number of nitrogens with zero attached hydrogens (tertiary/aromatic N) is 2. The van der Waals surface area contributed by atoms with Gasteiger partial charge in [0.2, 0.25) is 0 Å². The van der Waals surface area contributed by atoms with Gasteiger partial charge in [0.05, 0.1) is 16.6 Å². The molecule has 6 nitrogen and oxygen atoms in total. The lowest BCUT2D eigenvalue weighted by Gasteiger charge is -2.50. The Bertz CT molecular complexity index is 531. The van der Waals surface area contributed by atoms with Crippen LogP contribution < -0.4 is 0 Å². The molecular formula is C17H30N2O4. The van der Waals surface area contributed by atoms with Crippen LogP contribution in [0.3, 0.4) is 0 Å². The summed E-state index contributed by atoms with van der Waals surface area (Å²) >= 11 is 0. The van der Waals surface area contributed by atoms with Crippen LogP contribution in [0, 0.1) is 0 Å². The van der Waals surface area contributed by atoms with Gasteiger partial charge in [-0.1, -0.05) is 0 Å². The van der Waals surface area contributed by atoms with E-state index >= 15 is 0 Å². The number of hydrogen-bond acceptors (Lipinski definition) is 6. The molecule has 2 rings (SSSR count). The van der Waals surface area contributed by atoms with E-state index in [0.29, 0.717) is 19.3 Å². The molecule has 6 heteroatoms. The molecule has 2 aliphatic heterocycles. The first-order chi connectivity index (χ1) is 10.2. The molecule has 0 radical (unpaired) electrons. The fraction of sp³-hybridized carbons (Fsp3) is 0.882. The number of carbonyl (C=O) groups excluding carboxylic acids is 2. The maximum atomic E-state index is 12.2. The molecule has 2 unspecified atom stereocenters. The van der Waals surface area contributed by atoms with Gasteiger partial charge in [-0.15, -0.1) is 0 Å². The minimum atomic E-state index is -0.893. The number of carbonyl (C=O) groups is 2. The predicted octanol–water partition coefficient (Wildman–Crippen LogP) is 2.56. The maximum absolute atomic E-state index is 12.2. The summed E-state index contributed by atoms with van der Waals surface area (Å²) in [6.07, 6.45) is 1.93. The van der Waals surface area contributed by atoms with E-state index in [1.807, 2.05) is 27.7 Å². The molecule has 2 N–H and O–H groups in total. The van der Waals surface area contributed by atoms with Gasteiger partial charge in [0.1, 0.15) is 5.78 Å². The molecule has 0 aromatic rings. The third-order valence-corrected chi connectivity index (χ3v) is 5.76. The van der Waals surface area contributed by atoms with Crippen molar-refractivity contribution in [2.45, 2.75) is 95.8 Å². The first-order valence-electron chi connectivity index (χ1n) is 8.28. The Hall–Kier alpha value is -0.820. The van der Waals surface area contributed by atoms with Crippen LogP contribution >= 0.6 is 0 Å². The van der Waals surface area contributed by atoms with E-state index in [1.165, 1.54) is 5.06 Å². The molecule has 0 spiro atoms. The Morgan fingerprint density at radius 2 is 1.30 bits per heavy atom. The molecule has 2 aliphatic rings. The molecule has 2 heterocycles. The van der Waals surface area contributed by atoms with Crippen molar-refractivity contribution in [2.75, 3.05) is 0 Å². The highest BCUT2D eigenvalue weighted by atomic mass is 16.5. The Balaban J connectivity index is 2.16. The molecule has 0 saturated carbocycles. The average molecular weight is 326 g/mol. The zero-order chi connectivity index (χ0) is 17.8. The number of hydroxylamine groups is 4. The second-order valence-corrected chi connectivity index (χ2v) is 8.98. The van der Waals surface area contributed by atoms with Crippen molar-refractivity contribution >= 4 is 11.6 Å². The van der Waals surface area contributed by atoms with Gasteiger partial charge in [0, 0.05) is 24.8 Å². The van der Waals surface area contributed by atoms with E-state index in [9.17, 15) is 20.0 Å². The summed E-state index contributed by atoms with van der Waals surface area (Å²) in [6, 6.07) is 0. The van der Waals surface area contributed by atoms with Gasteiger partial charge in [0.25, 0.3) is 0 Å². The van der Waals surface area contributed by atoms with Gasteiger partial charge in [-0.05, 0) is 54.4 Å². The average Bonchev–Trinajstić information content (AvgIpc) is 2.55. The van der Waals surface area contributed by atoms with Crippen molar-refractivity contribution < 1.29 is 20.0 Å². The molecule has 2 atom stereocenters. The molecule has 2 fully saturated rings. The lowest BCUT2D eigenvalue weighted by molar-refractivity contribution is -0.249. The first kappa shape index (κ1) is 18.5. The summed E-state index contributed by atoms with van der Waals surface area (Å²) in [6.45, 7) is 10.9. The fourth-order valence-electron chi connectivity index (χ4n) is 4.21. The Morgan fingerprint density at radius 3 is 1.74 bits per heavy atom. The molecule has 132 valence electrons. The molecule has 0 aliphatic carbocycles. The summed E-state index contributed by atoms with van der Waals surface area (Å²) in [5, 5.41) is 23.5. The van der Waals surface area contributed by atoms with Crippen LogP contribution in [0.2, 0.25) is 0 Å². The van der Waals surface area contributed by atoms with Crippen LogP contribution in [0.15, 0.2) is 0 Å². The highest BCUT2D eigenvalue weighted by molar-refractivity contribution is 5.90. The smallest absolute Gasteiger partial charge is 0.156 e. The van der Waals surface area contributed by atoms with E-state index in [1.54, 1.807) is 13.8 Å². The zero-order valence-electron chi connectivity index (χ0n) is 15.1. The number of rotatable bonds is 3. The Labute approximate surface area is 138 Å². The fourth-order valence-corrected chi connectivity index (χ4v) is 4.21. The molecule has 0 aromatic carbocycles. The number of hydrogen-bond donors (Lipinski definition) is 2. The largest absolute Gasteiger partial charge is 0.313 e. The Morgan fingerprint density at radius 1 is 0.826 bits per heavy atom. The highest BCUT2D eigenvalue weighted by Gasteiger charge is 2.55. The minimum Gasteiger partial charge on any atom is -0.313 e. The van der Waals surface area contributed by atoms with E-state index in [4.69, 9.17) is 0 Å². The van der Waals surface area contributed by atoms with Crippen LogP contribution in [0.25, 0.3) is 0 Å². The maximum Gasteiger partial charge on any atom is 0.156 e. The monoisotopic (exact) mass is 326 g/mol. The number of Topliss-reactive ketones (excluding diaryl/α,β-unsaturated/α-hetero) is 2. The second kappa shape index (κ2) is 5.34. The topological polar surface area (TPSA) is 81.1 Å². The standard InChI is InChI=1S/C17H30N2O4/c1-14(2)9-12(20)10-16(5,18(14)22)7-8-17(6)11-13(21)15(3,4)19(17)23/h22-23H,7-11H2,1-6H3. The van der Waals surface area contributed by atoms with Crippen molar-refractivity contribution in [3.63, 3.8) is 0 Å². The number of ketones is 2. The van der Waals surface area contributed by atoms with Crippen LogP contribution in [0.5, 0.6) is 0 Å². The van der Waals surface area contributed by atoms with E-state index in [-0.39, 0.29) is 24.4 Å². The van der Waals surface area contributed by atoms with Gasteiger partial charge in [-0.25, -0.2) is 0 Å². The van der Waals surface area contributed by atoms with Gasteiger partial charge in [0.15, 0.2) is 5.78 Å². The molecule has 23 heavy (non-hydrogen) atoms. The van der Waals surface area contributed by atoms with E-state index in [0.717, 1.165) is 5.06 Å². The lowest BCUT2D eigenvalue weighted by atomic mass is 9.76. The second-order valence-electron chi connectivity index (χ2n) is 8.98. The third kappa shape index (κ3) is 2.97. The van der Waals surface area contributed by atoms with Crippen molar-refractivity contribution in [1.82, 2.24) is 10.1 Å². The molecular weight excluding hydrogens is 296 g/mol. The third-order valence-electron chi connectivity index (χ3n) is 5.76. The van der Waals surface area contributed by atoms with Crippen molar-refractivity contribution in [1.29, 1.82) is 0 Å². The van der Waals surface area contributed by atoms with Crippen LogP contribution in [-0.4, -0.2) is 54.3 Å². The van der Waals surface area contributed by atoms with Crippen LogP contribution in [-0.2, 0) is 9.59 Å². The van der Waals surface area contributed by atoms with Crippen molar-refractivity contribution in [2.24, 2.45) is 0 Å². The normalized spacial score (nSPS) is 38.3. The lowest BCUT2D eigenvalue weighted by Crippen LogP contribution is -2.61. The number of piperidine rings is 1. The Kier molecular flexibility index (Phi) is 4.30. The van der Waals surface area contributed by atoms with E-state index in [2.05, 4.69) is 0 Å².